The maximum atomic E-state index is 12.8. The zero-order chi connectivity index (χ0) is 15.4. The Hall–Kier alpha value is -1.95. The number of carbonyl (C=O) groups is 2. The van der Waals surface area contributed by atoms with E-state index >= 15 is 0 Å². The van der Waals surface area contributed by atoms with Gasteiger partial charge in [0, 0.05) is 11.6 Å². The third-order valence-corrected chi connectivity index (χ3v) is 3.92. The van der Waals surface area contributed by atoms with Crippen LogP contribution in [0.3, 0.4) is 0 Å². The molecule has 21 heavy (non-hydrogen) atoms. The minimum atomic E-state index is -0.843. The lowest BCUT2D eigenvalue weighted by molar-refractivity contribution is -0.143. The second-order valence-corrected chi connectivity index (χ2v) is 5.32. The summed E-state index contributed by atoms with van der Waals surface area (Å²) < 4.78 is 12.8. The number of rotatable bonds is 4. The first-order valence-electron chi connectivity index (χ1n) is 7.00. The Bertz CT molecular complexity index is 510. The summed E-state index contributed by atoms with van der Waals surface area (Å²) in [6.07, 6.45) is 1.26. The van der Waals surface area contributed by atoms with Crippen LogP contribution in [0.4, 0.5) is 10.1 Å². The summed E-state index contributed by atoms with van der Waals surface area (Å²) in [5.41, 5.74) is 0.572. The van der Waals surface area contributed by atoms with Gasteiger partial charge in [0.2, 0.25) is 5.91 Å². The molecule has 1 aliphatic rings. The first-order chi connectivity index (χ1) is 9.97. The van der Waals surface area contributed by atoms with Crippen molar-refractivity contribution in [3.63, 3.8) is 0 Å². The molecule has 1 amide bonds. The van der Waals surface area contributed by atoms with Crippen molar-refractivity contribution in [2.75, 3.05) is 18.4 Å². The van der Waals surface area contributed by atoms with E-state index in [0.29, 0.717) is 31.6 Å². The molecule has 1 aliphatic heterocycles. The summed E-state index contributed by atoms with van der Waals surface area (Å²) in [5.74, 6) is -1.41. The van der Waals surface area contributed by atoms with Crippen molar-refractivity contribution in [3.05, 3.63) is 30.1 Å². The molecule has 1 aromatic rings. The smallest absolute Gasteiger partial charge is 0.320 e. The molecule has 2 rings (SSSR count). The van der Waals surface area contributed by atoms with Crippen molar-refractivity contribution in [3.8, 4) is 0 Å². The Balaban J connectivity index is 1.85. The van der Waals surface area contributed by atoms with Gasteiger partial charge in [-0.25, -0.2) is 4.39 Å². The molecule has 0 radical (unpaired) electrons. The zero-order valence-corrected chi connectivity index (χ0v) is 11.9. The van der Waals surface area contributed by atoms with E-state index in [1.54, 1.807) is 6.92 Å². The Kier molecular flexibility index (Phi) is 4.90. The number of nitrogens with one attached hydrogen (secondary N) is 1. The molecular formula is C15H19FN2O3. The van der Waals surface area contributed by atoms with Gasteiger partial charge in [-0.1, -0.05) is 0 Å². The summed E-state index contributed by atoms with van der Waals surface area (Å²) in [6.45, 7) is 2.84. The van der Waals surface area contributed by atoms with Gasteiger partial charge >= 0.3 is 5.97 Å². The molecule has 0 aliphatic carbocycles. The Morgan fingerprint density at radius 3 is 2.38 bits per heavy atom. The van der Waals surface area contributed by atoms with Crippen molar-refractivity contribution >= 4 is 17.6 Å². The number of likely N-dealkylation sites (tertiary alicyclic amines) is 1. The number of carboxylic acids is 1. The van der Waals surface area contributed by atoms with Gasteiger partial charge in [0.25, 0.3) is 0 Å². The Morgan fingerprint density at radius 1 is 1.29 bits per heavy atom. The minimum absolute atomic E-state index is 0.0933. The molecule has 0 saturated carbocycles. The van der Waals surface area contributed by atoms with Crippen LogP contribution in [0.1, 0.15) is 19.8 Å². The van der Waals surface area contributed by atoms with Crippen molar-refractivity contribution in [1.29, 1.82) is 0 Å². The molecule has 5 nitrogen and oxygen atoms in total. The molecule has 0 spiro atoms. The van der Waals surface area contributed by atoms with E-state index in [-0.39, 0.29) is 17.6 Å². The van der Waals surface area contributed by atoms with E-state index < -0.39 is 12.0 Å². The van der Waals surface area contributed by atoms with Crippen LogP contribution in [-0.2, 0) is 9.59 Å². The average Bonchev–Trinajstić information content (AvgIpc) is 2.49. The quantitative estimate of drug-likeness (QED) is 0.890. The molecule has 114 valence electrons. The van der Waals surface area contributed by atoms with Gasteiger partial charge < -0.3 is 10.4 Å². The highest BCUT2D eigenvalue weighted by Gasteiger charge is 2.29. The number of carbonyl (C=O) groups excluding carboxylic acids is 1. The predicted octanol–water partition coefficient (Wildman–Crippen LogP) is 1.95. The van der Waals surface area contributed by atoms with E-state index in [4.69, 9.17) is 5.11 Å². The average molecular weight is 294 g/mol. The van der Waals surface area contributed by atoms with Gasteiger partial charge in [-0.15, -0.1) is 0 Å². The summed E-state index contributed by atoms with van der Waals surface area (Å²) in [5, 5.41) is 11.7. The third-order valence-electron chi connectivity index (χ3n) is 3.92. The van der Waals surface area contributed by atoms with E-state index in [2.05, 4.69) is 5.32 Å². The summed E-state index contributed by atoms with van der Waals surface area (Å²) in [7, 11) is 0. The summed E-state index contributed by atoms with van der Waals surface area (Å²) in [6, 6.07) is 5.12. The van der Waals surface area contributed by atoms with E-state index in [1.807, 2.05) is 4.90 Å². The number of piperidine rings is 1. The number of hydrogen-bond donors (Lipinski definition) is 2. The minimum Gasteiger partial charge on any atom is -0.480 e. The number of hydrogen-bond acceptors (Lipinski definition) is 3. The second-order valence-electron chi connectivity index (χ2n) is 5.32. The fourth-order valence-corrected chi connectivity index (χ4v) is 2.48. The summed E-state index contributed by atoms with van der Waals surface area (Å²) in [4.78, 5) is 24.9. The topological polar surface area (TPSA) is 69.6 Å². The van der Waals surface area contributed by atoms with Crippen LogP contribution >= 0.6 is 0 Å². The summed E-state index contributed by atoms with van der Waals surface area (Å²) >= 11 is 0. The Morgan fingerprint density at radius 2 is 1.86 bits per heavy atom. The fraction of sp³-hybridized carbons (Fsp3) is 0.467. The molecule has 1 atom stereocenters. The molecule has 0 aromatic heterocycles. The molecule has 0 bridgehead atoms. The van der Waals surface area contributed by atoms with Gasteiger partial charge in [0.15, 0.2) is 0 Å². The predicted molar refractivity (Wildman–Crippen MR) is 76.4 cm³/mol. The van der Waals surface area contributed by atoms with Crippen molar-refractivity contribution < 1.29 is 19.1 Å². The number of aliphatic carboxylic acids is 1. The van der Waals surface area contributed by atoms with Crippen LogP contribution in [0.2, 0.25) is 0 Å². The van der Waals surface area contributed by atoms with Gasteiger partial charge in [-0.05, 0) is 57.1 Å². The SMILES string of the molecule is CC(C(=O)O)N1CCC(C(=O)Nc2ccc(F)cc2)CC1. The van der Waals surface area contributed by atoms with Crippen molar-refractivity contribution in [2.24, 2.45) is 5.92 Å². The maximum absolute atomic E-state index is 12.8. The monoisotopic (exact) mass is 294 g/mol. The number of halogens is 1. The first-order valence-corrected chi connectivity index (χ1v) is 7.00. The Labute approximate surface area is 122 Å². The van der Waals surface area contributed by atoms with Crippen molar-refractivity contribution in [1.82, 2.24) is 4.90 Å². The van der Waals surface area contributed by atoms with Crippen molar-refractivity contribution in [2.45, 2.75) is 25.8 Å². The lowest BCUT2D eigenvalue weighted by Crippen LogP contribution is -2.45. The highest BCUT2D eigenvalue weighted by atomic mass is 19.1. The maximum Gasteiger partial charge on any atom is 0.320 e. The fourth-order valence-electron chi connectivity index (χ4n) is 2.48. The van der Waals surface area contributed by atoms with Crippen LogP contribution in [0.5, 0.6) is 0 Å². The third kappa shape index (κ3) is 4.01. The van der Waals surface area contributed by atoms with E-state index in [9.17, 15) is 14.0 Å². The van der Waals surface area contributed by atoms with Gasteiger partial charge in [-0.3, -0.25) is 14.5 Å². The van der Waals surface area contributed by atoms with Crippen LogP contribution in [0, 0.1) is 11.7 Å². The molecule has 1 saturated heterocycles. The normalized spacial score (nSPS) is 18.2. The second kappa shape index (κ2) is 6.67. The van der Waals surface area contributed by atoms with Crippen LogP contribution < -0.4 is 5.32 Å². The van der Waals surface area contributed by atoms with E-state index in [1.165, 1.54) is 24.3 Å². The van der Waals surface area contributed by atoms with Gasteiger partial charge in [0.05, 0.1) is 0 Å². The molecule has 6 heteroatoms. The zero-order valence-electron chi connectivity index (χ0n) is 11.9. The molecular weight excluding hydrogens is 275 g/mol. The largest absolute Gasteiger partial charge is 0.480 e. The number of benzene rings is 1. The lowest BCUT2D eigenvalue weighted by atomic mass is 9.95. The molecule has 1 unspecified atom stereocenters. The highest BCUT2D eigenvalue weighted by molar-refractivity contribution is 5.92. The van der Waals surface area contributed by atoms with Crippen LogP contribution in [0.25, 0.3) is 0 Å². The highest BCUT2D eigenvalue weighted by Crippen LogP contribution is 2.21. The number of carboxylic acid groups (broad SMARTS) is 1. The molecule has 1 heterocycles. The number of nitrogens with zero attached hydrogens (tertiary/aromatic N) is 1. The van der Waals surface area contributed by atoms with Crippen LogP contribution in [-0.4, -0.2) is 41.0 Å². The molecule has 2 N–H and O–H groups in total. The van der Waals surface area contributed by atoms with Gasteiger partial charge in [0.1, 0.15) is 11.9 Å². The lowest BCUT2D eigenvalue weighted by Gasteiger charge is -2.33. The van der Waals surface area contributed by atoms with Crippen LogP contribution in [0.15, 0.2) is 24.3 Å². The number of anilines is 1. The number of amides is 1. The van der Waals surface area contributed by atoms with Gasteiger partial charge in [-0.2, -0.15) is 0 Å². The van der Waals surface area contributed by atoms with E-state index in [0.717, 1.165) is 0 Å². The standard InChI is InChI=1S/C15H19FN2O3/c1-10(15(20)21)18-8-6-11(7-9-18)14(19)17-13-4-2-12(16)3-5-13/h2-5,10-11H,6-9H2,1H3,(H,17,19)(H,20,21). The molecule has 1 aromatic carbocycles. The first kappa shape index (κ1) is 15.4. The molecule has 1 fully saturated rings.